The Morgan fingerprint density at radius 1 is 1.41 bits per heavy atom. The number of nitrogens with zero attached hydrogens (tertiary/aromatic N) is 1. The van der Waals surface area contributed by atoms with Gasteiger partial charge in [0, 0.05) is 11.3 Å². The lowest BCUT2D eigenvalue weighted by Crippen LogP contribution is -2.47. The first-order valence-electron chi connectivity index (χ1n) is 9.96. The Balaban J connectivity index is 1.93. The molecule has 1 N–H and O–H groups in total. The van der Waals surface area contributed by atoms with E-state index in [1.165, 1.54) is 4.31 Å². The van der Waals surface area contributed by atoms with Gasteiger partial charge in [0.2, 0.25) is 15.9 Å². The van der Waals surface area contributed by atoms with Gasteiger partial charge in [-0.25, -0.2) is 12.7 Å². The second kappa shape index (κ2) is 6.73. The highest BCUT2D eigenvalue weighted by Gasteiger charge is 2.72. The first-order chi connectivity index (χ1) is 12.5. The number of carbonyl (C=O) groups is 1. The van der Waals surface area contributed by atoms with E-state index in [1.807, 2.05) is 6.92 Å². The van der Waals surface area contributed by atoms with Crippen molar-refractivity contribution in [3.63, 3.8) is 0 Å². The van der Waals surface area contributed by atoms with Crippen LogP contribution in [0.15, 0.2) is 24.8 Å². The van der Waals surface area contributed by atoms with Gasteiger partial charge in [0.1, 0.15) is 0 Å². The monoisotopic (exact) mass is 395 g/mol. The lowest BCUT2D eigenvalue weighted by molar-refractivity contribution is -0.134. The maximum absolute atomic E-state index is 13.5. The van der Waals surface area contributed by atoms with Crippen molar-refractivity contribution in [2.45, 2.75) is 58.9 Å². The van der Waals surface area contributed by atoms with Gasteiger partial charge >= 0.3 is 0 Å². The predicted molar refractivity (Wildman–Crippen MR) is 106 cm³/mol. The molecule has 0 aromatic heterocycles. The molecule has 1 heterocycles. The highest BCUT2D eigenvalue weighted by atomic mass is 32.2. The average molecular weight is 396 g/mol. The average Bonchev–Trinajstić information content (AvgIpc) is 3.06. The van der Waals surface area contributed by atoms with Gasteiger partial charge in [-0.05, 0) is 49.4 Å². The van der Waals surface area contributed by atoms with Crippen LogP contribution in [0.1, 0.15) is 52.9 Å². The zero-order valence-corrected chi connectivity index (χ0v) is 17.6. The number of carbonyl (C=O) groups excluding carboxylic acids is 1. The first kappa shape index (κ1) is 20.6. The minimum atomic E-state index is -3.61. The van der Waals surface area contributed by atoms with E-state index < -0.39 is 15.9 Å². The topological polar surface area (TPSA) is 74.7 Å². The Bertz CT molecular complexity index is 756. The summed E-state index contributed by atoms with van der Waals surface area (Å²) in [5, 5.41) is 9.27. The predicted octanol–water partition coefficient (Wildman–Crippen LogP) is 3.12. The van der Waals surface area contributed by atoms with Gasteiger partial charge in [-0.3, -0.25) is 4.79 Å². The number of allylic oxidation sites excluding steroid dienone is 1. The molecule has 1 saturated heterocycles. The summed E-state index contributed by atoms with van der Waals surface area (Å²) in [5.41, 5.74) is 0.305. The van der Waals surface area contributed by atoms with Crippen molar-refractivity contribution in [3.8, 4) is 0 Å². The van der Waals surface area contributed by atoms with E-state index in [-0.39, 0.29) is 41.1 Å². The maximum Gasteiger partial charge on any atom is 0.240 e. The lowest BCUT2D eigenvalue weighted by atomic mass is 9.69. The fourth-order valence-corrected chi connectivity index (χ4v) is 8.74. The molecule has 0 aromatic carbocycles. The number of aliphatic hydroxyl groups excluding tert-OH is 1. The van der Waals surface area contributed by atoms with Crippen LogP contribution in [0.3, 0.4) is 0 Å². The minimum Gasteiger partial charge on any atom is -0.392 e. The summed E-state index contributed by atoms with van der Waals surface area (Å²) >= 11 is 0. The Morgan fingerprint density at radius 2 is 2.07 bits per heavy atom. The third kappa shape index (κ3) is 2.91. The highest BCUT2D eigenvalue weighted by molar-refractivity contribution is 7.90. The molecule has 2 saturated carbocycles. The molecule has 0 radical (unpaired) electrons. The Hall–Kier alpha value is -1.14. The fraction of sp³-hybridized carbons (Fsp3) is 0.762. The number of fused-ring (bicyclic) bond motifs is 1. The Morgan fingerprint density at radius 3 is 2.63 bits per heavy atom. The van der Waals surface area contributed by atoms with E-state index in [4.69, 9.17) is 0 Å². The molecule has 3 aliphatic rings. The summed E-state index contributed by atoms with van der Waals surface area (Å²) < 4.78 is 27.5. The van der Waals surface area contributed by atoms with E-state index in [1.54, 1.807) is 6.08 Å². The van der Waals surface area contributed by atoms with Crippen LogP contribution in [-0.4, -0.2) is 42.1 Å². The van der Waals surface area contributed by atoms with Gasteiger partial charge in [-0.2, -0.15) is 0 Å². The van der Waals surface area contributed by atoms with Crippen LogP contribution >= 0.6 is 0 Å². The Kier molecular flexibility index (Phi) is 5.13. The fourth-order valence-electron chi connectivity index (χ4n) is 6.16. The van der Waals surface area contributed by atoms with E-state index in [0.717, 1.165) is 19.3 Å². The van der Waals surface area contributed by atoms with Crippen molar-refractivity contribution < 1.29 is 18.3 Å². The first-order valence-corrected chi connectivity index (χ1v) is 11.6. The smallest absolute Gasteiger partial charge is 0.240 e. The van der Waals surface area contributed by atoms with E-state index in [2.05, 4.69) is 27.0 Å². The number of hydrogen-bond donors (Lipinski definition) is 1. The molecule has 0 aromatic rings. The second-order valence-electron chi connectivity index (χ2n) is 9.48. The van der Waals surface area contributed by atoms with Gasteiger partial charge in [0.05, 0.1) is 18.4 Å². The standard InChI is InChI=1S/C21H33NO4S/c1-6-7-17(15(3)10-14(2)12-23)19(24)22-18-11-16-8-9-21(18,20(16,4)5)13-27(22,25)26/h6,15-18,23H,1-2,7-13H2,3-5H3/t15-,16+,17-,18-,21-/m0/s1. The van der Waals surface area contributed by atoms with E-state index in [9.17, 15) is 18.3 Å². The van der Waals surface area contributed by atoms with Crippen LogP contribution in [0.4, 0.5) is 0 Å². The van der Waals surface area contributed by atoms with Crippen molar-refractivity contribution in [1.29, 1.82) is 0 Å². The largest absolute Gasteiger partial charge is 0.392 e. The summed E-state index contributed by atoms with van der Waals surface area (Å²) in [7, 11) is -3.61. The van der Waals surface area contributed by atoms with E-state index in [0.29, 0.717) is 24.3 Å². The molecular weight excluding hydrogens is 362 g/mol. The van der Waals surface area contributed by atoms with E-state index >= 15 is 0 Å². The molecule has 0 unspecified atom stereocenters. The van der Waals surface area contributed by atoms with Crippen molar-refractivity contribution in [3.05, 3.63) is 24.8 Å². The molecule has 5 nitrogen and oxygen atoms in total. The molecule has 2 aliphatic carbocycles. The zero-order chi connectivity index (χ0) is 20.2. The van der Waals surface area contributed by atoms with Crippen LogP contribution in [0.2, 0.25) is 0 Å². The number of sulfonamides is 1. The molecule has 1 spiro atoms. The Labute approximate surface area is 163 Å². The number of amides is 1. The summed E-state index contributed by atoms with van der Waals surface area (Å²) in [4.78, 5) is 13.5. The molecule has 152 valence electrons. The van der Waals surface area contributed by atoms with Crippen molar-refractivity contribution in [1.82, 2.24) is 4.31 Å². The summed E-state index contributed by atoms with van der Waals surface area (Å²) in [6.45, 7) is 13.8. The third-order valence-corrected chi connectivity index (χ3v) is 9.80. The van der Waals surface area contributed by atoms with Gasteiger partial charge in [0.25, 0.3) is 0 Å². The molecule has 2 bridgehead atoms. The summed E-state index contributed by atoms with van der Waals surface area (Å²) in [5.74, 6) is -0.277. The third-order valence-electron chi connectivity index (χ3n) is 7.89. The van der Waals surface area contributed by atoms with Crippen LogP contribution < -0.4 is 0 Å². The van der Waals surface area contributed by atoms with Gasteiger partial charge in [-0.15, -0.1) is 6.58 Å². The van der Waals surface area contributed by atoms with Crippen molar-refractivity contribution >= 4 is 15.9 Å². The number of hydrogen-bond acceptors (Lipinski definition) is 4. The molecule has 5 atom stereocenters. The molecule has 3 rings (SSSR count). The molecule has 6 heteroatoms. The molecule has 1 aliphatic heterocycles. The minimum absolute atomic E-state index is 0.0511. The molecular formula is C21H33NO4S. The van der Waals surface area contributed by atoms with Gasteiger partial charge in [-0.1, -0.05) is 39.0 Å². The second-order valence-corrected chi connectivity index (χ2v) is 11.3. The molecule has 1 amide bonds. The van der Waals surface area contributed by atoms with Crippen LogP contribution in [-0.2, 0) is 14.8 Å². The summed E-state index contributed by atoms with van der Waals surface area (Å²) in [6.07, 6.45) is 5.35. The highest BCUT2D eigenvalue weighted by Crippen LogP contribution is 2.70. The number of aliphatic hydroxyl groups is 1. The summed E-state index contributed by atoms with van der Waals surface area (Å²) in [6, 6.07) is -0.204. The lowest BCUT2D eigenvalue weighted by Gasteiger charge is -2.37. The zero-order valence-electron chi connectivity index (χ0n) is 16.8. The van der Waals surface area contributed by atoms with Crippen molar-refractivity contribution in [2.75, 3.05) is 12.4 Å². The van der Waals surface area contributed by atoms with Crippen LogP contribution in [0, 0.1) is 28.6 Å². The number of rotatable bonds is 7. The van der Waals surface area contributed by atoms with Gasteiger partial charge in [0.15, 0.2) is 0 Å². The normalized spacial score (nSPS) is 34.9. The van der Waals surface area contributed by atoms with Crippen LogP contribution in [0.5, 0.6) is 0 Å². The SMILES string of the molecule is C=CC[C@H](C(=O)N1[C@H]2C[C@H]3CC[C@@]2(CS1(=O)=O)C3(C)C)[C@@H](C)CC(=C)CO. The molecule has 27 heavy (non-hydrogen) atoms. The quantitative estimate of drug-likeness (QED) is 0.672. The maximum atomic E-state index is 13.5. The van der Waals surface area contributed by atoms with Crippen molar-refractivity contribution in [2.24, 2.45) is 28.6 Å². The van der Waals surface area contributed by atoms with Crippen LogP contribution in [0.25, 0.3) is 0 Å². The molecule has 3 fully saturated rings. The van der Waals surface area contributed by atoms with Gasteiger partial charge < -0.3 is 5.11 Å².